The number of hydrogen-bond acceptors (Lipinski definition) is 3. The number of aliphatic hydroxyl groups excluding tert-OH is 1. The molecule has 1 aromatic rings. The second-order valence-corrected chi connectivity index (χ2v) is 6.76. The molecule has 0 heterocycles. The molecule has 1 aromatic carbocycles. The number of nitrogens with one attached hydrogen (secondary N) is 1. The average molecular weight is 345 g/mol. The molecule has 1 aliphatic rings. The lowest BCUT2D eigenvalue weighted by molar-refractivity contribution is -0.117. The van der Waals surface area contributed by atoms with E-state index in [9.17, 15) is 4.79 Å². The van der Waals surface area contributed by atoms with Gasteiger partial charge in [0.1, 0.15) is 0 Å². The van der Waals surface area contributed by atoms with Crippen LogP contribution in [0.4, 0.5) is 5.69 Å². The maximum Gasteiger partial charge on any atom is 0.238 e. The predicted molar refractivity (Wildman–Crippen MR) is 90.6 cm³/mol. The van der Waals surface area contributed by atoms with Crippen LogP contribution >= 0.6 is 23.2 Å². The Kier molecular flexibility index (Phi) is 6.50. The molecular formula is C16H22Cl2N2O2. The van der Waals surface area contributed by atoms with Crippen molar-refractivity contribution in [3.8, 4) is 0 Å². The molecule has 1 fully saturated rings. The van der Waals surface area contributed by atoms with E-state index >= 15 is 0 Å². The number of aliphatic hydroxyl groups is 1. The predicted octanol–water partition coefficient (Wildman–Crippen LogP) is 3.41. The highest BCUT2D eigenvalue weighted by atomic mass is 35.5. The quantitative estimate of drug-likeness (QED) is 0.860. The van der Waals surface area contributed by atoms with Gasteiger partial charge >= 0.3 is 0 Å². The smallest absolute Gasteiger partial charge is 0.238 e. The fraction of sp³-hybridized carbons (Fsp3) is 0.562. The van der Waals surface area contributed by atoms with E-state index in [1.165, 1.54) is 0 Å². The highest BCUT2D eigenvalue weighted by Gasteiger charge is 2.24. The monoisotopic (exact) mass is 344 g/mol. The molecule has 0 unspecified atom stereocenters. The second-order valence-electron chi connectivity index (χ2n) is 5.95. The van der Waals surface area contributed by atoms with Crippen molar-refractivity contribution in [2.24, 2.45) is 5.92 Å². The van der Waals surface area contributed by atoms with Crippen LogP contribution in [0.3, 0.4) is 0 Å². The zero-order valence-electron chi connectivity index (χ0n) is 12.7. The lowest BCUT2D eigenvalue weighted by atomic mass is 9.86. The summed E-state index contributed by atoms with van der Waals surface area (Å²) in [7, 11) is 1.97. The summed E-state index contributed by atoms with van der Waals surface area (Å²) in [6.07, 6.45) is 4.11. The average Bonchev–Trinajstić information content (AvgIpc) is 2.51. The molecule has 4 nitrogen and oxygen atoms in total. The van der Waals surface area contributed by atoms with Gasteiger partial charge < -0.3 is 10.4 Å². The first-order valence-corrected chi connectivity index (χ1v) is 8.31. The minimum Gasteiger partial charge on any atom is -0.396 e. The SMILES string of the molecule is CN(CC(=O)Nc1ccc(Cl)c(Cl)c1)C1CCC(CO)CC1. The molecule has 122 valence electrons. The summed E-state index contributed by atoms with van der Waals surface area (Å²) in [4.78, 5) is 14.2. The van der Waals surface area contributed by atoms with Crippen LogP contribution in [-0.2, 0) is 4.79 Å². The van der Waals surface area contributed by atoms with Crippen LogP contribution in [0.1, 0.15) is 25.7 Å². The van der Waals surface area contributed by atoms with Crippen molar-refractivity contribution in [3.05, 3.63) is 28.2 Å². The number of carbonyl (C=O) groups excluding carboxylic acids is 1. The summed E-state index contributed by atoms with van der Waals surface area (Å²) in [5.41, 5.74) is 0.650. The van der Waals surface area contributed by atoms with Crippen molar-refractivity contribution >= 4 is 34.8 Å². The van der Waals surface area contributed by atoms with Crippen molar-refractivity contribution in [1.82, 2.24) is 4.90 Å². The number of rotatable bonds is 5. The summed E-state index contributed by atoms with van der Waals surface area (Å²) >= 11 is 11.8. The third-order valence-corrected chi connectivity index (χ3v) is 5.03. The Morgan fingerprint density at radius 1 is 1.27 bits per heavy atom. The summed E-state index contributed by atoms with van der Waals surface area (Å²) in [6, 6.07) is 5.45. The number of hydrogen-bond donors (Lipinski definition) is 2. The van der Waals surface area contributed by atoms with Gasteiger partial charge in [-0.25, -0.2) is 0 Å². The molecule has 2 N–H and O–H groups in total. The molecule has 0 spiro atoms. The van der Waals surface area contributed by atoms with Crippen molar-refractivity contribution < 1.29 is 9.90 Å². The van der Waals surface area contributed by atoms with Crippen molar-refractivity contribution in [2.75, 3.05) is 25.5 Å². The van der Waals surface area contributed by atoms with Crippen LogP contribution < -0.4 is 5.32 Å². The normalized spacial score (nSPS) is 21.9. The third-order valence-electron chi connectivity index (χ3n) is 4.29. The molecule has 1 aliphatic carbocycles. The molecule has 0 aliphatic heterocycles. The van der Waals surface area contributed by atoms with E-state index in [4.69, 9.17) is 28.3 Å². The Morgan fingerprint density at radius 3 is 2.55 bits per heavy atom. The van der Waals surface area contributed by atoms with Gasteiger partial charge in [-0.05, 0) is 56.8 Å². The molecule has 22 heavy (non-hydrogen) atoms. The van der Waals surface area contributed by atoms with Crippen LogP contribution in [0.5, 0.6) is 0 Å². The van der Waals surface area contributed by atoms with Gasteiger partial charge in [0.15, 0.2) is 0 Å². The third kappa shape index (κ3) is 4.85. The van der Waals surface area contributed by atoms with Gasteiger partial charge in [-0.3, -0.25) is 9.69 Å². The lowest BCUT2D eigenvalue weighted by Crippen LogP contribution is -2.40. The fourth-order valence-electron chi connectivity index (χ4n) is 2.90. The number of nitrogens with zero attached hydrogens (tertiary/aromatic N) is 1. The standard InChI is InChI=1S/C16H22Cl2N2O2/c1-20(13-5-2-11(10-21)3-6-13)9-16(22)19-12-4-7-14(17)15(18)8-12/h4,7-8,11,13,21H,2-3,5-6,9-10H2,1H3,(H,19,22). The van der Waals surface area contributed by atoms with Crippen LogP contribution in [0.2, 0.25) is 10.0 Å². The maximum absolute atomic E-state index is 12.1. The first kappa shape index (κ1) is 17.5. The van der Waals surface area contributed by atoms with E-state index in [1.807, 2.05) is 7.05 Å². The Balaban J connectivity index is 1.82. The van der Waals surface area contributed by atoms with Gasteiger partial charge in [0.25, 0.3) is 0 Å². The van der Waals surface area contributed by atoms with Gasteiger partial charge in [0.2, 0.25) is 5.91 Å². The Bertz CT molecular complexity index is 517. The molecule has 0 bridgehead atoms. The molecule has 0 atom stereocenters. The number of benzene rings is 1. The summed E-state index contributed by atoms with van der Waals surface area (Å²) in [5, 5.41) is 12.9. The molecular weight excluding hydrogens is 323 g/mol. The zero-order chi connectivity index (χ0) is 16.1. The molecule has 1 amide bonds. The second kappa shape index (κ2) is 8.16. The topological polar surface area (TPSA) is 52.6 Å². The molecule has 0 saturated heterocycles. The van der Waals surface area contributed by atoms with E-state index in [-0.39, 0.29) is 12.5 Å². The fourth-order valence-corrected chi connectivity index (χ4v) is 3.20. The van der Waals surface area contributed by atoms with Gasteiger partial charge in [0, 0.05) is 18.3 Å². The minimum absolute atomic E-state index is 0.0647. The lowest BCUT2D eigenvalue weighted by Gasteiger charge is -2.33. The molecule has 0 radical (unpaired) electrons. The van der Waals surface area contributed by atoms with Gasteiger partial charge in [-0.1, -0.05) is 23.2 Å². The Morgan fingerprint density at radius 2 is 1.95 bits per heavy atom. The zero-order valence-corrected chi connectivity index (χ0v) is 14.2. The summed E-state index contributed by atoms with van der Waals surface area (Å²) < 4.78 is 0. The summed E-state index contributed by atoms with van der Waals surface area (Å²) in [5.74, 6) is 0.361. The Hall–Kier alpha value is -0.810. The van der Waals surface area contributed by atoms with Crippen LogP contribution in [0.15, 0.2) is 18.2 Å². The van der Waals surface area contributed by atoms with Crippen LogP contribution in [0.25, 0.3) is 0 Å². The van der Waals surface area contributed by atoms with Crippen LogP contribution in [-0.4, -0.2) is 42.2 Å². The number of carbonyl (C=O) groups is 1. The van der Waals surface area contributed by atoms with Crippen molar-refractivity contribution in [1.29, 1.82) is 0 Å². The number of halogens is 2. The maximum atomic E-state index is 12.1. The molecule has 6 heteroatoms. The molecule has 2 rings (SSSR count). The van der Waals surface area contributed by atoms with E-state index in [2.05, 4.69) is 10.2 Å². The molecule has 1 saturated carbocycles. The Labute approximate surface area is 141 Å². The highest BCUT2D eigenvalue weighted by Crippen LogP contribution is 2.27. The summed E-state index contributed by atoms with van der Waals surface area (Å²) in [6.45, 7) is 0.614. The number of anilines is 1. The van der Waals surface area contributed by atoms with E-state index in [0.717, 1.165) is 25.7 Å². The molecule has 0 aromatic heterocycles. The van der Waals surface area contributed by atoms with E-state index in [0.29, 0.717) is 34.2 Å². The highest BCUT2D eigenvalue weighted by molar-refractivity contribution is 6.42. The van der Waals surface area contributed by atoms with Gasteiger partial charge in [-0.2, -0.15) is 0 Å². The van der Waals surface area contributed by atoms with E-state index in [1.54, 1.807) is 18.2 Å². The first-order chi connectivity index (χ1) is 10.5. The van der Waals surface area contributed by atoms with Gasteiger partial charge in [-0.15, -0.1) is 0 Å². The van der Waals surface area contributed by atoms with E-state index < -0.39 is 0 Å². The minimum atomic E-state index is -0.0647. The van der Waals surface area contributed by atoms with Crippen LogP contribution in [0, 0.1) is 5.92 Å². The van der Waals surface area contributed by atoms with Crippen molar-refractivity contribution in [3.63, 3.8) is 0 Å². The van der Waals surface area contributed by atoms with Gasteiger partial charge in [0.05, 0.1) is 16.6 Å². The first-order valence-electron chi connectivity index (χ1n) is 7.55. The van der Waals surface area contributed by atoms with Crippen molar-refractivity contribution in [2.45, 2.75) is 31.7 Å². The number of amides is 1. The number of likely N-dealkylation sites (N-methyl/N-ethyl adjacent to an activating group) is 1. The largest absolute Gasteiger partial charge is 0.396 e.